The van der Waals surface area contributed by atoms with Crippen LogP contribution in [0.2, 0.25) is 5.02 Å². The molecule has 0 radical (unpaired) electrons. The monoisotopic (exact) mass is 511 g/mol. The van der Waals surface area contributed by atoms with Crippen molar-refractivity contribution < 1.29 is 13.5 Å². The van der Waals surface area contributed by atoms with Crippen molar-refractivity contribution in [2.75, 3.05) is 31.2 Å². The molecule has 1 saturated carbocycles. The summed E-state index contributed by atoms with van der Waals surface area (Å²) in [6, 6.07) is 9.37. The van der Waals surface area contributed by atoms with Crippen LogP contribution in [0, 0.1) is 24.0 Å². The van der Waals surface area contributed by atoms with Crippen molar-refractivity contribution in [2.24, 2.45) is 5.41 Å². The van der Waals surface area contributed by atoms with Crippen molar-refractivity contribution in [3.05, 3.63) is 69.8 Å². The van der Waals surface area contributed by atoms with Crippen molar-refractivity contribution in [3.63, 3.8) is 0 Å². The number of anilines is 1. The highest BCUT2D eigenvalue weighted by molar-refractivity contribution is 6.30. The molecule has 9 heteroatoms. The van der Waals surface area contributed by atoms with Gasteiger partial charge in [-0.05, 0) is 62.1 Å². The molecular weight excluding hydrogens is 484 g/mol. The predicted molar refractivity (Wildman–Crippen MR) is 133 cm³/mol. The van der Waals surface area contributed by atoms with Gasteiger partial charge in [-0.2, -0.15) is 0 Å². The zero-order valence-corrected chi connectivity index (χ0v) is 20.9. The van der Waals surface area contributed by atoms with Gasteiger partial charge >= 0.3 is 0 Å². The minimum Gasteiger partial charge on any atom is -0.380 e. The Kier molecular flexibility index (Phi) is 5.17. The Morgan fingerprint density at radius 3 is 2.64 bits per heavy atom. The molecule has 1 aromatic heterocycles. The van der Waals surface area contributed by atoms with E-state index in [2.05, 4.69) is 31.8 Å². The molecule has 1 atom stereocenters. The maximum atomic E-state index is 14.6. The molecule has 1 aliphatic carbocycles. The molecule has 3 aliphatic heterocycles. The lowest BCUT2D eigenvalue weighted by molar-refractivity contribution is 0.0582. The van der Waals surface area contributed by atoms with Crippen LogP contribution in [0.1, 0.15) is 48.0 Å². The molecule has 7 rings (SSSR count). The number of ether oxygens (including phenoxy) is 1. The lowest BCUT2D eigenvalue weighted by Gasteiger charge is -2.59. The van der Waals surface area contributed by atoms with E-state index in [-0.39, 0.29) is 11.0 Å². The van der Waals surface area contributed by atoms with Gasteiger partial charge in [-0.1, -0.05) is 11.6 Å². The standard InChI is InChI=1S/C27H28ClF2N5O/c1-16-21(29)3-5-23(25(16)30)34-14-27(15-34)9-18(10-27)26-32-31-24-12-33(20-6-7-36-13-20)11-17-8-19(28)2-4-22(17)35(24)26/h2-5,8,18,20H,6-7,9-15H2,1H3/t20-/m0/s1. The lowest BCUT2D eigenvalue weighted by Crippen LogP contribution is -2.62. The Bertz CT molecular complexity index is 1340. The first-order valence-electron chi connectivity index (χ1n) is 12.7. The van der Waals surface area contributed by atoms with E-state index in [9.17, 15) is 8.78 Å². The molecule has 3 aromatic rings. The van der Waals surface area contributed by atoms with Gasteiger partial charge < -0.3 is 9.64 Å². The Labute approximate surface area is 213 Å². The number of hydrogen-bond donors (Lipinski definition) is 0. The molecule has 3 fully saturated rings. The molecule has 6 nitrogen and oxygen atoms in total. The number of aromatic nitrogens is 3. The molecule has 36 heavy (non-hydrogen) atoms. The van der Waals surface area contributed by atoms with Crippen LogP contribution < -0.4 is 4.90 Å². The number of rotatable bonds is 3. The Hall–Kier alpha value is -2.55. The largest absolute Gasteiger partial charge is 0.380 e. The number of halogens is 3. The third-order valence-electron chi connectivity index (χ3n) is 8.59. The zero-order valence-electron chi connectivity index (χ0n) is 20.2. The van der Waals surface area contributed by atoms with Gasteiger partial charge in [-0.25, -0.2) is 8.78 Å². The summed E-state index contributed by atoms with van der Waals surface area (Å²) < 4.78 is 36.2. The van der Waals surface area contributed by atoms with E-state index < -0.39 is 11.6 Å². The highest BCUT2D eigenvalue weighted by Gasteiger charge is 2.54. The summed E-state index contributed by atoms with van der Waals surface area (Å²) in [6.07, 6.45) is 3.01. The second-order valence-electron chi connectivity index (χ2n) is 11.0. The number of hydrogen-bond acceptors (Lipinski definition) is 5. The van der Waals surface area contributed by atoms with E-state index in [0.29, 0.717) is 17.6 Å². The minimum absolute atomic E-state index is 0.0862. The van der Waals surface area contributed by atoms with E-state index in [4.69, 9.17) is 16.3 Å². The van der Waals surface area contributed by atoms with Crippen molar-refractivity contribution in [1.29, 1.82) is 0 Å². The van der Waals surface area contributed by atoms with Crippen LogP contribution in [0.5, 0.6) is 0 Å². The summed E-state index contributed by atoms with van der Waals surface area (Å²) >= 11 is 6.40. The average Bonchev–Trinajstić information content (AvgIpc) is 3.45. The third kappa shape index (κ3) is 3.49. The topological polar surface area (TPSA) is 46.4 Å². The van der Waals surface area contributed by atoms with E-state index in [1.165, 1.54) is 18.6 Å². The van der Waals surface area contributed by atoms with Crippen LogP contribution in [0.3, 0.4) is 0 Å². The van der Waals surface area contributed by atoms with E-state index >= 15 is 0 Å². The Morgan fingerprint density at radius 1 is 1.06 bits per heavy atom. The summed E-state index contributed by atoms with van der Waals surface area (Å²) in [5.41, 5.74) is 3.03. The molecular formula is C27H28ClF2N5O. The van der Waals surface area contributed by atoms with Gasteiger partial charge in [0.1, 0.15) is 11.6 Å². The van der Waals surface area contributed by atoms with Crippen molar-refractivity contribution in [2.45, 2.75) is 51.2 Å². The summed E-state index contributed by atoms with van der Waals surface area (Å²) in [6.45, 7) is 6.13. The Balaban J connectivity index is 1.13. The van der Waals surface area contributed by atoms with E-state index in [1.807, 2.05) is 11.0 Å². The average molecular weight is 512 g/mol. The fourth-order valence-corrected chi connectivity index (χ4v) is 6.83. The maximum Gasteiger partial charge on any atom is 0.152 e. The van der Waals surface area contributed by atoms with Gasteiger partial charge in [0.15, 0.2) is 11.6 Å². The number of fused-ring (bicyclic) bond motifs is 3. The quantitative estimate of drug-likeness (QED) is 0.495. The van der Waals surface area contributed by atoms with Gasteiger partial charge in [-0.3, -0.25) is 9.47 Å². The third-order valence-corrected chi connectivity index (χ3v) is 8.83. The highest BCUT2D eigenvalue weighted by atomic mass is 35.5. The van der Waals surface area contributed by atoms with E-state index in [0.717, 1.165) is 81.0 Å². The molecule has 188 valence electrons. The van der Waals surface area contributed by atoms with Crippen LogP contribution in [0.4, 0.5) is 14.5 Å². The molecule has 0 bridgehead atoms. The van der Waals surface area contributed by atoms with Crippen molar-refractivity contribution in [1.82, 2.24) is 19.7 Å². The summed E-state index contributed by atoms with van der Waals surface area (Å²) in [7, 11) is 0. The molecule has 4 heterocycles. The van der Waals surface area contributed by atoms with Gasteiger partial charge in [0.05, 0.1) is 24.5 Å². The van der Waals surface area contributed by atoms with Crippen LogP contribution >= 0.6 is 11.6 Å². The SMILES string of the molecule is Cc1c(F)ccc(N2CC3(CC(c4nnc5n4-c4ccc(Cl)cc4CN([C@H]4CCOC4)C5)C3)C2)c1F. The fraction of sp³-hybridized carbons (Fsp3) is 0.481. The van der Waals surface area contributed by atoms with Crippen molar-refractivity contribution >= 4 is 17.3 Å². The van der Waals surface area contributed by atoms with Gasteiger partial charge in [-0.15, -0.1) is 10.2 Å². The lowest BCUT2D eigenvalue weighted by atomic mass is 9.57. The molecule has 0 unspecified atom stereocenters. The van der Waals surface area contributed by atoms with Gasteiger partial charge in [0, 0.05) is 54.2 Å². The molecule has 4 aliphatic rings. The number of nitrogens with zero attached hydrogens (tertiary/aromatic N) is 5. The molecule has 0 N–H and O–H groups in total. The summed E-state index contributed by atoms with van der Waals surface area (Å²) in [5.74, 6) is 1.32. The van der Waals surface area contributed by atoms with Crippen LogP contribution in [0.15, 0.2) is 30.3 Å². The normalized spacial score (nSPS) is 23.2. The maximum absolute atomic E-state index is 14.6. The first-order valence-corrected chi connectivity index (χ1v) is 13.0. The first-order chi connectivity index (χ1) is 17.4. The van der Waals surface area contributed by atoms with Crippen LogP contribution in [-0.2, 0) is 17.8 Å². The smallest absolute Gasteiger partial charge is 0.152 e. The summed E-state index contributed by atoms with van der Waals surface area (Å²) in [4.78, 5) is 4.46. The van der Waals surface area contributed by atoms with E-state index in [1.54, 1.807) is 6.07 Å². The summed E-state index contributed by atoms with van der Waals surface area (Å²) in [5, 5.41) is 10.1. The fourth-order valence-electron chi connectivity index (χ4n) is 6.63. The van der Waals surface area contributed by atoms with Crippen molar-refractivity contribution in [3.8, 4) is 5.69 Å². The molecule has 2 aromatic carbocycles. The van der Waals surface area contributed by atoms with Crippen LogP contribution in [0.25, 0.3) is 5.69 Å². The predicted octanol–water partition coefficient (Wildman–Crippen LogP) is 5.00. The molecule has 2 saturated heterocycles. The Morgan fingerprint density at radius 2 is 1.86 bits per heavy atom. The number of benzene rings is 2. The molecule has 1 spiro atoms. The second-order valence-corrected chi connectivity index (χ2v) is 11.4. The van der Waals surface area contributed by atoms with Crippen LogP contribution in [-0.4, -0.2) is 52.0 Å². The zero-order chi connectivity index (χ0) is 24.6. The molecule has 0 amide bonds. The first kappa shape index (κ1) is 22.6. The highest BCUT2D eigenvalue weighted by Crippen LogP contribution is 2.57. The van der Waals surface area contributed by atoms with Gasteiger partial charge in [0.25, 0.3) is 0 Å². The second kappa shape index (κ2) is 8.23. The minimum atomic E-state index is -0.497. The van der Waals surface area contributed by atoms with Gasteiger partial charge in [0.2, 0.25) is 0 Å².